The molecule has 2 aromatic heterocycles. The Morgan fingerprint density at radius 3 is 3.33 bits per heavy atom. The van der Waals surface area contributed by atoms with Gasteiger partial charge in [0, 0.05) is 12.7 Å². The third kappa shape index (κ3) is 1.06. The van der Waals surface area contributed by atoms with E-state index in [-0.39, 0.29) is 11.6 Å². The first-order valence-corrected chi connectivity index (χ1v) is 4.88. The van der Waals surface area contributed by atoms with Gasteiger partial charge in [-0.25, -0.2) is 4.98 Å². The Balaban J connectivity index is 2.51. The third-order valence-corrected chi connectivity index (χ3v) is 2.68. The first kappa shape index (κ1) is 8.40. The van der Waals surface area contributed by atoms with E-state index in [4.69, 9.17) is 0 Å². The second kappa shape index (κ2) is 2.79. The fourth-order valence-electron chi connectivity index (χ4n) is 1.94. The zero-order valence-corrected chi connectivity index (χ0v) is 8.27. The maximum atomic E-state index is 11.6. The van der Waals surface area contributed by atoms with E-state index in [2.05, 4.69) is 22.2 Å². The van der Waals surface area contributed by atoms with Crippen LogP contribution < -0.4 is 10.9 Å². The highest BCUT2D eigenvalue weighted by atomic mass is 16.1. The first-order chi connectivity index (χ1) is 7.27. The van der Waals surface area contributed by atoms with Crippen molar-refractivity contribution in [3.63, 3.8) is 0 Å². The lowest BCUT2D eigenvalue weighted by Crippen LogP contribution is -2.14. The molecule has 0 saturated carbocycles. The molecule has 3 heterocycles. The molecule has 0 amide bonds. The number of aromatic nitrogens is 3. The summed E-state index contributed by atoms with van der Waals surface area (Å²) in [5, 5.41) is 3.68. The second-order valence-corrected chi connectivity index (χ2v) is 3.72. The minimum absolute atomic E-state index is 0.217. The van der Waals surface area contributed by atoms with Gasteiger partial charge < -0.3 is 5.32 Å². The van der Waals surface area contributed by atoms with Gasteiger partial charge in [-0.2, -0.15) is 4.98 Å². The molecule has 2 aromatic rings. The molecule has 0 saturated heterocycles. The quantitative estimate of drug-likeness (QED) is 0.685. The molecule has 0 bridgehead atoms. The lowest BCUT2D eigenvalue weighted by atomic mass is 10.3. The summed E-state index contributed by atoms with van der Waals surface area (Å²) in [5.41, 5.74) is 0.496. The molecule has 5 nitrogen and oxygen atoms in total. The van der Waals surface area contributed by atoms with E-state index in [0.29, 0.717) is 17.0 Å². The van der Waals surface area contributed by atoms with E-state index in [1.807, 2.05) is 4.57 Å². The van der Waals surface area contributed by atoms with Crippen LogP contribution in [0.4, 0.5) is 5.95 Å². The monoisotopic (exact) mass is 202 g/mol. The van der Waals surface area contributed by atoms with E-state index in [1.54, 1.807) is 18.3 Å². The van der Waals surface area contributed by atoms with Crippen LogP contribution in [0.3, 0.4) is 0 Å². The van der Waals surface area contributed by atoms with E-state index in [1.165, 1.54) is 0 Å². The fourth-order valence-corrected chi connectivity index (χ4v) is 1.94. The van der Waals surface area contributed by atoms with Crippen LogP contribution in [0.1, 0.15) is 13.0 Å². The Morgan fingerprint density at radius 1 is 1.60 bits per heavy atom. The number of anilines is 1. The average molecular weight is 202 g/mol. The van der Waals surface area contributed by atoms with Crippen molar-refractivity contribution in [1.82, 2.24) is 14.5 Å². The molecule has 0 aliphatic carbocycles. The molecule has 15 heavy (non-hydrogen) atoms. The largest absolute Gasteiger partial charge is 0.353 e. The van der Waals surface area contributed by atoms with Crippen molar-refractivity contribution >= 4 is 17.0 Å². The van der Waals surface area contributed by atoms with E-state index in [0.717, 1.165) is 6.54 Å². The number of fused-ring (bicyclic) bond motifs is 3. The fraction of sp³-hybridized carbons (Fsp3) is 0.300. The highest BCUT2D eigenvalue weighted by Gasteiger charge is 2.21. The lowest BCUT2D eigenvalue weighted by Gasteiger charge is -2.09. The number of nitrogens with one attached hydrogen (secondary N) is 1. The predicted octanol–water partition coefficient (Wildman–Crippen LogP) is 0.778. The molecule has 1 unspecified atom stereocenters. The lowest BCUT2D eigenvalue weighted by molar-refractivity contribution is 0.638. The minimum Gasteiger partial charge on any atom is -0.353 e. The SMILES string of the molecule is CC1CNc2nc(=O)c3cccnc3n21. The van der Waals surface area contributed by atoms with Crippen molar-refractivity contribution in [2.75, 3.05) is 11.9 Å². The van der Waals surface area contributed by atoms with Crippen molar-refractivity contribution < 1.29 is 0 Å². The second-order valence-electron chi connectivity index (χ2n) is 3.72. The third-order valence-electron chi connectivity index (χ3n) is 2.68. The summed E-state index contributed by atoms with van der Waals surface area (Å²) in [6.07, 6.45) is 1.69. The van der Waals surface area contributed by atoms with Gasteiger partial charge in [0.1, 0.15) is 5.65 Å². The van der Waals surface area contributed by atoms with Crippen molar-refractivity contribution in [2.24, 2.45) is 0 Å². The molecular weight excluding hydrogens is 192 g/mol. The van der Waals surface area contributed by atoms with Crippen molar-refractivity contribution in [3.8, 4) is 0 Å². The first-order valence-electron chi connectivity index (χ1n) is 4.88. The highest BCUT2D eigenvalue weighted by molar-refractivity contribution is 5.75. The van der Waals surface area contributed by atoms with Gasteiger partial charge in [0.2, 0.25) is 5.95 Å². The van der Waals surface area contributed by atoms with Gasteiger partial charge in [-0.15, -0.1) is 0 Å². The maximum absolute atomic E-state index is 11.6. The van der Waals surface area contributed by atoms with Crippen LogP contribution in [-0.4, -0.2) is 21.1 Å². The van der Waals surface area contributed by atoms with Crippen LogP contribution in [0.2, 0.25) is 0 Å². The Kier molecular flexibility index (Phi) is 1.56. The molecule has 76 valence electrons. The molecular formula is C10H10N4O. The standard InChI is InChI=1S/C10H10N4O/c1-6-5-12-10-13-9(15)7-3-2-4-11-8(7)14(6)10/h2-4,6H,5H2,1H3,(H,12,13,15). The zero-order chi connectivity index (χ0) is 10.4. The summed E-state index contributed by atoms with van der Waals surface area (Å²) in [7, 11) is 0. The molecule has 5 heteroatoms. The molecule has 0 spiro atoms. The molecule has 1 N–H and O–H groups in total. The number of hydrogen-bond donors (Lipinski definition) is 1. The van der Waals surface area contributed by atoms with Crippen molar-refractivity contribution in [2.45, 2.75) is 13.0 Å². The predicted molar refractivity (Wildman–Crippen MR) is 57.0 cm³/mol. The van der Waals surface area contributed by atoms with Crippen LogP contribution in [0.15, 0.2) is 23.1 Å². The summed E-state index contributed by atoms with van der Waals surface area (Å²) < 4.78 is 1.97. The van der Waals surface area contributed by atoms with Crippen LogP contribution >= 0.6 is 0 Å². The smallest absolute Gasteiger partial charge is 0.283 e. The van der Waals surface area contributed by atoms with Crippen molar-refractivity contribution in [1.29, 1.82) is 0 Å². The van der Waals surface area contributed by atoms with Crippen molar-refractivity contribution in [3.05, 3.63) is 28.7 Å². The van der Waals surface area contributed by atoms with Crippen LogP contribution in [-0.2, 0) is 0 Å². The molecule has 1 aliphatic rings. The normalized spacial score (nSPS) is 18.9. The summed E-state index contributed by atoms with van der Waals surface area (Å²) in [5.74, 6) is 0.624. The average Bonchev–Trinajstić information content (AvgIpc) is 2.61. The molecule has 1 aliphatic heterocycles. The van der Waals surface area contributed by atoms with Gasteiger partial charge in [-0.05, 0) is 19.1 Å². The summed E-state index contributed by atoms with van der Waals surface area (Å²) in [6.45, 7) is 2.87. The zero-order valence-electron chi connectivity index (χ0n) is 8.27. The van der Waals surface area contributed by atoms with Crippen LogP contribution in [0, 0.1) is 0 Å². The highest BCUT2D eigenvalue weighted by Crippen LogP contribution is 2.23. The molecule has 0 fully saturated rings. The molecule has 1 atom stereocenters. The molecule has 0 aromatic carbocycles. The number of nitrogens with zero attached hydrogens (tertiary/aromatic N) is 3. The Hall–Kier alpha value is -1.91. The van der Waals surface area contributed by atoms with Gasteiger partial charge in [0.25, 0.3) is 5.56 Å². The molecule has 0 radical (unpaired) electrons. The summed E-state index contributed by atoms with van der Waals surface area (Å²) in [6, 6.07) is 3.80. The van der Waals surface area contributed by atoms with Gasteiger partial charge >= 0.3 is 0 Å². The Morgan fingerprint density at radius 2 is 2.47 bits per heavy atom. The van der Waals surface area contributed by atoms with Gasteiger partial charge in [-0.3, -0.25) is 9.36 Å². The van der Waals surface area contributed by atoms with Crippen LogP contribution in [0.5, 0.6) is 0 Å². The van der Waals surface area contributed by atoms with Gasteiger partial charge in [-0.1, -0.05) is 0 Å². The topological polar surface area (TPSA) is 59.8 Å². The van der Waals surface area contributed by atoms with Gasteiger partial charge in [0.05, 0.1) is 11.4 Å². The summed E-state index contributed by atoms with van der Waals surface area (Å²) >= 11 is 0. The summed E-state index contributed by atoms with van der Waals surface area (Å²) in [4.78, 5) is 19.9. The van der Waals surface area contributed by atoms with E-state index in [9.17, 15) is 4.79 Å². The Bertz CT molecular complexity index is 589. The van der Waals surface area contributed by atoms with E-state index < -0.39 is 0 Å². The molecule has 3 rings (SSSR count). The Labute approximate surface area is 85.8 Å². The number of rotatable bonds is 0. The number of hydrogen-bond acceptors (Lipinski definition) is 4. The van der Waals surface area contributed by atoms with E-state index >= 15 is 0 Å². The minimum atomic E-state index is -0.217. The number of pyridine rings is 1. The maximum Gasteiger partial charge on any atom is 0.283 e. The van der Waals surface area contributed by atoms with Gasteiger partial charge in [0.15, 0.2) is 0 Å². The van der Waals surface area contributed by atoms with Crippen LogP contribution in [0.25, 0.3) is 11.0 Å².